The Morgan fingerprint density at radius 3 is 2.45 bits per heavy atom. The number of nitrogen functional groups attached to an aromatic ring is 1. The minimum absolute atomic E-state index is 0.219. The van der Waals surface area contributed by atoms with Gasteiger partial charge in [-0.15, -0.1) is 0 Å². The second-order valence-corrected chi connectivity index (χ2v) is 1.97. The quantitative estimate of drug-likeness (QED) is 0.574. The number of anilines is 1. The van der Waals surface area contributed by atoms with Crippen LogP contribution in [-0.4, -0.2) is 0 Å². The molecule has 0 aliphatic carbocycles. The predicted octanol–water partition coefficient (Wildman–Crippen LogP) is 1.42. The largest absolute Gasteiger partial charge is 0.396 e. The lowest BCUT2D eigenvalue weighted by molar-refractivity contribution is 0.584. The number of nitrogens with zero attached hydrogens (tertiary/aromatic N) is 1. The van der Waals surface area contributed by atoms with Crippen molar-refractivity contribution < 1.29 is 8.78 Å². The van der Waals surface area contributed by atoms with Crippen molar-refractivity contribution in [1.82, 2.24) is 0 Å². The first-order valence-corrected chi connectivity index (χ1v) is 2.79. The molecule has 4 heteroatoms. The summed E-state index contributed by atoms with van der Waals surface area (Å²) in [5.41, 5.74) is 4.61. The van der Waals surface area contributed by atoms with E-state index in [0.717, 1.165) is 6.07 Å². The lowest BCUT2D eigenvalue weighted by Gasteiger charge is -1.96. The maximum atomic E-state index is 12.5. The monoisotopic (exact) mass is 154 g/mol. The minimum Gasteiger partial charge on any atom is -0.396 e. The van der Waals surface area contributed by atoms with E-state index in [2.05, 4.69) is 0 Å². The topological polar surface area (TPSA) is 49.8 Å². The van der Waals surface area contributed by atoms with Crippen LogP contribution in [0.4, 0.5) is 14.5 Å². The third-order valence-corrected chi connectivity index (χ3v) is 1.21. The van der Waals surface area contributed by atoms with E-state index >= 15 is 0 Å². The summed E-state index contributed by atoms with van der Waals surface area (Å²) in [6, 6.07) is 3.10. The van der Waals surface area contributed by atoms with Gasteiger partial charge in [-0.1, -0.05) is 0 Å². The second kappa shape index (κ2) is 2.54. The fraction of sp³-hybridized carbons (Fsp3) is 0. The van der Waals surface area contributed by atoms with Crippen LogP contribution in [-0.2, 0) is 0 Å². The van der Waals surface area contributed by atoms with E-state index in [-0.39, 0.29) is 11.3 Å². The van der Waals surface area contributed by atoms with Gasteiger partial charge >= 0.3 is 0 Å². The normalized spacial score (nSPS) is 9.18. The van der Waals surface area contributed by atoms with E-state index < -0.39 is 11.6 Å². The van der Waals surface area contributed by atoms with Gasteiger partial charge in [-0.05, 0) is 6.07 Å². The molecule has 1 aromatic rings. The molecular formula is C7H4F2N2. The molecule has 56 valence electrons. The molecule has 2 N–H and O–H groups in total. The van der Waals surface area contributed by atoms with Crippen LogP contribution in [0.1, 0.15) is 5.56 Å². The zero-order valence-electron chi connectivity index (χ0n) is 5.44. The Morgan fingerprint density at radius 1 is 1.27 bits per heavy atom. The first kappa shape index (κ1) is 7.48. The Labute approximate surface area is 61.9 Å². The van der Waals surface area contributed by atoms with E-state index in [0.29, 0.717) is 6.07 Å². The van der Waals surface area contributed by atoms with Crippen molar-refractivity contribution in [2.45, 2.75) is 0 Å². The summed E-state index contributed by atoms with van der Waals surface area (Å²) in [6.45, 7) is 0. The highest BCUT2D eigenvalue weighted by Gasteiger charge is 2.05. The summed E-state index contributed by atoms with van der Waals surface area (Å²) >= 11 is 0. The molecule has 11 heavy (non-hydrogen) atoms. The third-order valence-electron chi connectivity index (χ3n) is 1.21. The number of nitrogens with two attached hydrogens (primary N) is 1. The van der Waals surface area contributed by atoms with Crippen LogP contribution >= 0.6 is 0 Å². The van der Waals surface area contributed by atoms with Crippen LogP contribution in [0.25, 0.3) is 0 Å². The number of hydrogen-bond donors (Lipinski definition) is 1. The minimum atomic E-state index is -0.890. The van der Waals surface area contributed by atoms with Crippen molar-refractivity contribution in [3.8, 4) is 6.07 Å². The Hall–Kier alpha value is -1.63. The zero-order chi connectivity index (χ0) is 8.43. The number of benzene rings is 1. The van der Waals surface area contributed by atoms with Crippen molar-refractivity contribution >= 4 is 5.69 Å². The number of nitriles is 1. The molecule has 0 fully saturated rings. The van der Waals surface area contributed by atoms with Gasteiger partial charge in [0.05, 0.1) is 11.3 Å². The molecule has 0 aromatic heterocycles. The Bertz CT molecular complexity index is 328. The van der Waals surface area contributed by atoms with Crippen LogP contribution < -0.4 is 5.73 Å². The first-order chi connectivity index (χ1) is 5.15. The predicted molar refractivity (Wildman–Crippen MR) is 35.5 cm³/mol. The summed E-state index contributed by atoms with van der Waals surface area (Å²) in [5, 5.41) is 8.27. The van der Waals surface area contributed by atoms with Crippen LogP contribution in [0, 0.1) is 23.0 Å². The van der Waals surface area contributed by atoms with Gasteiger partial charge in [-0.25, -0.2) is 8.78 Å². The number of hydrogen-bond acceptors (Lipinski definition) is 2. The fourth-order valence-electron chi connectivity index (χ4n) is 0.651. The lowest BCUT2D eigenvalue weighted by atomic mass is 10.2. The molecule has 0 saturated carbocycles. The Kier molecular flexibility index (Phi) is 1.73. The van der Waals surface area contributed by atoms with Gasteiger partial charge in [0.25, 0.3) is 0 Å². The molecule has 2 nitrogen and oxygen atoms in total. The van der Waals surface area contributed by atoms with E-state index in [4.69, 9.17) is 11.0 Å². The highest BCUT2D eigenvalue weighted by atomic mass is 19.1. The van der Waals surface area contributed by atoms with E-state index in [1.165, 1.54) is 0 Å². The van der Waals surface area contributed by atoms with Gasteiger partial charge in [-0.2, -0.15) is 5.26 Å². The standard InChI is InChI=1S/C7H4F2N2/c8-5-2-6(9)7(11)1-4(5)3-10/h1-2H,11H2. The maximum absolute atomic E-state index is 12.5. The van der Waals surface area contributed by atoms with E-state index in [1.54, 1.807) is 6.07 Å². The van der Waals surface area contributed by atoms with Crippen molar-refractivity contribution in [2.75, 3.05) is 5.73 Å². The van der Waals surface area contributed by atoms with Crippen LogP contribution in [0.5, 0.6) is 0 Å². The fourth-order valence-corrected chi connectivity index (χ4v) is 0.651. The van der Waals surface area contributed by atoms with Crippen LogP contribution in [0.3, 0.4) is 0 Å². The van der Waals surface area contributed by atoms with Crippen molar-refractivity contribution in [2.24, 2.45) is 0 Å². The molecule has 1 rings (SSSR count). The average Bonchev–Trinajstić information content (AvgIpc) is 1.97. The van der Waals surface area contributed by atoms with Crippen LogP contribution in [0.15, 0.2) is 12.1 Å². The highest BCUT2D eigenvalue weighted by Crippen LogP contribution is 2.15. The molecule has 0 spiro atoms. The molecule has 0 radical (unpaired) electrons. The van der Waals surface area contributed by atoms with Crippen molar-refractivity contribution in [3.05, 3.63) is 29.3 Å². The summed E-state index contributed by atoms with van der Waals surface area (Å²) in [5.74, 6) is -1.74. The summed E-state index contributed by atoms with van der Waals surface area (Å²) in [7, 11) is 0. The van der Waals surface area contributed by atoms with Crippen molar-refractivity contribution in [3.63, 3.8) is 0 Å². The molecule has 0 amide bonds. The van der Waals surface area contributed by atoms with Gasteiger partial charge in [0.2, 0.25) is 0 Å². The molecule has 1 aromatic carbocycles. The summed E-state index contributed by atoms with van der Waals surface area (Å²) in [6.07, 6.45) is 0. The molecular weight excluding hydrogens is 150 g/mol. The molecule has 0 aliphatic heterocycles. The van der Waals surface area contributed by atoms with Crippen LogP contribution in [0.2, 0.25) is 0 Å². The maximum Gasteiger partial charge on any atom is 0.149 e. The molecule has 0 heterocycles. The SMILES string of the molecule is N#Cc1cc(N)c(F)cc1F. The lowest BCUT2D eigenvalue weighted by Crippen LogP contribution is -1.94. The van der Waals surface area contributed by atoms with Gasteiger partial charge in [-0.3, -0.25) is 0 Å². The number of halogens is 2. The van der Waals surface area contributed by atoms with Gasteiger partial charge in [0.15, 0.2) is 0 Å². The second-order valence-electron chi connectivity index (χ2n) is 1.97. The Morgan fingerprint density at radius 2 is 1.91 bits per heavy atom. The van der Waals surface area contributed by atoms with Crippen molar-refractivity contribution in [1.29, 1.82) is 5.26 Å². The summed E-state index contributed by atoms with van der Waals surface area (Å²) < 4.78 is 24.9. The van der Waals surface area contributed by atoms with Gasteiger partial charge in [0.1, 0.15) is 17.7 Å². The molecule has 0 saturated heterocycles. The zero-order valence-corrected chi connectivity index (χ0v) is 5.44. The highest BCUT2D eigenvalue weighted by molar-refractivity contribution is 5.47. The van der Waals surface area contributed by atoms with E-state index in [9.17, 15) is 8.78 Å². The number of rotatable bonds is 0. The molecule has 0 atom stereocenters. The first-order valence-electron chi connectivity index (χ1n) is 2.79. The van der Waals surface area contributed by atoms with E-state index in [1.807, 2.05) is 0 Å². The summed E-state index contributed by atoms with van der Waals surface area (Å²) in [4.78, 5) is 0. The van der Waals surface area contributed by atoms with Gasteiger partial charge in [0, 0.05) is 6.07 Å². The molecule has 0 unspecified atom stereocenters. The Balaban J connectivity index is 3.35. The smallest absolute Gasteiger partial charge is 0.149 e. The molecule has 0 aliphatic rings. The van der Waals surface area contributed by atoms with Gasteiger partial charge < -0.3 is 5.73 Å². The average molecular weight is 154 g/mol. The molecule has 0 bridgehead atoms. The third kappa shape index (κ3) is 1.27.